The second kappa shape index (κ2) is 9.21. The van der Waals surface area contributed by atoms with Crippen molar-refractivity contribution >= 4 is 14.5 Å². The number of phenolic OH excluding ortho intramolecular Hbond substituents is 1. The number of piperidine rings is 1. The SMILES string of the molecule is Cc1cc(-c2c[se]cc2-c2ccc(OCCN3CCCCC3)c(C)c2)ccc1O. The summed E-state index contributed by atoms with van der Waals surface area (Å²) in [6.45, 7) is 8.27. The fraction of sp³-hybridized carbons (Fsp3) is 0.360. The summed E-state index contributed by atoms with van der Waals surface area (Å²) in [6.07, 6.45) is 4.01. The first kappa shape index (κ1) is 20.3. The van der Waals surface area contributed by atoms with Crippen molar-refractivity contribution < 1.29 is 9.84 Å². The van der Waals surface area contributed by atoms with Gasteiger partial charge in [0.25, 0.3) is 0 Å². The molecule has 0 saturated carbocycles. The van der Waals surface area contributed by atoms with Crippen molar-refractivity contribution in [2.45, 2.75) is 33.1 Å². The van der Waals surface area contributed by atoms with E-state index < -0.39 is 0 Å². The van der Waals surface area contributed by atoms with Gasteiger partial charge in [-0.25, -0.2) is 0 Å². The van der Waals surface area contributed by atoms with Crippen molar-refractivity contribution in [1.29, 1.82) is 0 Å². The molecule has 0 atom stereocenters. The van der Waals surface area contributed by atoms with Crippen LogP contribution in [0.15, 0.2) is 46.3 Å². The molecule has 4 heteroatoms. The predicted molar refractivity (Wildman–Crippen MR) is 121 cm³/mol. The van der Waals surface area contributed by atoms with Gasteiger partial charge in [-0.1, -0.05) is 6.42 Å². The van der Waals surface area contributed by atoms with Gasteiger partial charge in [-0.3, -0.25) is 0 Å². The molecular formula is C25H29NO2Se. The zero-order valence-corrected chi connectivity index (χ0v) is 19.0. The van der Waals surface area contributed by atoms with E-state index in [2.05, 4.69) is 46.0 Å². The molecule has 152 valence electrons. The van der Waals surface area contributed by atoms with Gasteiger partial charge < -0.3 is 0 Å². The molecule has 0 bridgehead atoms. The Bertz CT molecular complexity index is 973. The Hall–Kier alpha value is -2.00. The first-order valence-corrected chi connectivity index (χ1v) is 12.4. The monoisotopic (exact) mass is 455 g/mol. The fourth-order valence-corrected chi connectivity index (χ4v) is 5.83. The van der Waals surface area contributed by atoms with Gasteiger partial charge in [0.15, 0.2) is 0 Å². The van der Waals surface area contributed by atoms with Crippen LogP contribution in [0.2, 0.25) is 0 Å². The number of aryl methyl sites for hydroxylation is 2. The summed E-state index contributed by atoms with van der Waals surface area (Å²) in [5, 5.41) is 9.84. The van der Waals surface area contributed by atoms with E-state index in [1.165, 1.54) is 60.2 Å². The van der Waals surface area contributed by atoms with E-state index >= 15 is 0 Å². The number of likely N-dealkylation sites (tertiary alicyclic amines) is 1. The molecule has 0 spiro atoms. The zero-order chi connectivity index (χ0) is 20.2. The van der Waals surface area contributed by atoms with Crippen molar-refractivity contribution in [2.75, 3.05) is 26.2 Å². The number of phenols is 1. The molecule has 1 aliphatic rings. The molecule has 1 N–H and O–H groups in total. The number of rotatable bonds is 6. The summed E-state index contributed by atoms with van der Waals surface area (Å²) in [4.78, 5) is 7.18. The number of nitrogens with zero attached hydrogens (tertiary/aromatic N) is 1. The van der Waals surface area contributed by atoms with E-state index in [0.29, 0.717) is 20.3 Å². The van der Waals surface area contributed by atoms with E-state index in [4.69, 9.17) is 4.74 Å². The number of hydrogen-bond acceptors (Lipinski definition) is 3. The molecular weight excluding hydrogens is 425 g/mol. The van der Waals surface area contributed by atoms with Crippen LogP contribution in [0, 0.1) is 13.8 Å². The van der Waals surface area contributed by atoms with Gasteiger partial charge in [-0.15, -0.1) is 0 Å². The Balaban J connectivity index is 1.48. The normalized spacial score (nSPS) is 14.8. The van der Waals surface area contributed by atoms with Gasteiger partial charge in [-0.05, 0) is 0 Å². The summed E-state index contributed by atoms with van der Waals surface area (Å²) >= 11 is 0.369. The van der Waals surface area contributed by atoms with Crippen molar-refractivity contribution in [3.63, 3.8) is 0 Å². The van der Waals surface area contributed by atoms with E-state index in [1.807, 2.05) is 13.0 Å². The van der Waals surface area contributed by atoms with E-state index in [9.17, 15) is 5.11 Å². The molecule has 1 fully saturated rings. The van der Waals surface area contributed by atoms with Crippen molar-refractivity contribution in [3.05, 3.63) is 57.4 Å². The molecule has 1 saturated heterocycles. The van der Waals surface area contributed by atoms with Gasteiger partial charge >= 0.3 is 173 Å². The van der Waals surface area contributed by atoms with Crippen LogP contribution in [0.4, 0.5) is 0 Å². The summed E-state index contributed by atoms with van der Waals surface area (Å²) in [7, 11) is 0. The molecule has 1 aromatic heterocycles. The third kappa shape index (κ3) is 4.78. The quantitative estimate of drug-likeness (QED) is 0.516. The summed E-state index contributed by atoms with van der Waals surface area (Å²) < 4.78 is 6.10. The van der Waals surface area contributed by atoms with E-state index in [0.717, 1.165) is 24.5 Å². The minimum absolute atomic E-state index is 0.352. The molecule has 2 aromatic carbocycles. The molecule has 2 heterocycles. The third-order valence-corrected chi connectivity index (χ3v) is 7.33. The van der Waals surface area contributed by atoms with Crippen molar-refractivity contribution in [1.82, 2.24) is 4.90 Å². The van der Waals surface area contributed by atoms with Crippen LogP contribution in [0.5, 0.6) is 11.5 Å². The maximum atomic E-state index is 9.84. The number of benzene rings is 2. The topological polar surface area (TPSA) is 32.7 Å². The molecule has 0 unspecified atom stereocenters. The van der Waals surface area contributed by atoms with Crippen LogP contribution in [0.1, 0.15) is 30.4 Å². The Kier molecular flexibility index (Phi) is 6.44. The van der Waals surface area contributed by atoms with Crippen LogP contribution in [0.3, 0.4) is 0 Å². The van der Waals surface area contributed by atoms with Crippen molar-refractivity contribution in [2.24, 2.45) is 0 Å². The maximum absolute atomic E-state index is 9.84. The van der Waals surface area contributed by atoms with E-state index in [1.54, 1.807) is 6.07 Å². The standard InChI is InChI=1S/C25H29NO2Se/c1-18-14-20(6-8-24(18)27)22-16-29-17-23(22)21-7-9-25(19(2)15-21)28-13-12-26-10-4-3-5-11-26/h6-9,14-17,27H,3-5,10-13H2,1-2H3. The second-order valence-electron chi connectivity index (χ2n) is 7.93. The molecule has 0 radical (unpaired) electrons. The number of hydrogen-bond donors (Lipinski definition) is 1. The zero-order valence-electron chi connectivity index (χ0n) is 17.3. The van der Waals surface area contributed by atoms with Gasteiger partial charge in [0.05, 0.1) is 0 Å². The summed E-state index contributed by atoms with van der Waals surface area (Å²) in [6, 6.07) is 12.4. The van der Waals surface area contributed by atoms with Gasteiger partial charge in [0.2, 0.25) is 0 Å². The fourth-order valence-electron chi connectivity index (χ4n) is 4.01. The summed E-state index contributed by atoms with van der Waals surface area (Å²) in [5.74, 6) is 1.34. The molecule has 0 aliphatic carbocycles. The molecule has 3 nitrogen and oxygen atoms in total. The Morgan fingerprint density at radius 3 is 2.21 bits per heavy atom. The molecule has 29 heavy (non-hydrogen) atoms. The molecule has 3 aromatic rings. The van der Waals surface area contributed by atoms with Gasteiger partial charge in [0, 0.05) is 0 Å². The van der Waals surface area contributed by atoms with E-state index in [-0.39, 0.29) is 0 Å². The van der Waals surface area contributed by atoms with Gasteiger partial charge in [-0.2, -0.15) is 0 Å². The Morgan fingerprint density at radius 2 is 1.55 bits per heavy atom. The molecule has 1 aliphatic heterocycles. The van der Waals surface area contributed by atoms with Gasteiger partial charge in [0.1, 0.15) is 0 Å². The predicted octanol–water partition coefficient (Wildman–Crippen LogP) is 5.26. The third-order valence-electron chi connectivity index (χ3n) is 5.77. The van der Waals surface area contributed by atoms with Crippen LogP contribution < -0.4 is 4.74 Å². The first-order valence-electron chi connectivity index (χ1n) is 10.4. The molecule has 0 amide bonds. The van der Waals surface area contributed by atoms with Crippen LogP contribution in [0.25, 0.3) is 22.3 Å². The molecule has 4 rings (SSSR count). The van der Waals surface area contributed by atoms with Crippen LogP contribution >= 0.6 is 0 Å². The van der Waals surface area contributed by atoms with Crippen LogP contribution in [-0.2, 0) is 0 Å². The minimum atomic E-state index is 0.352. The van der Waals surface area contributed by atoms with Crippen molar-refractivity contribution in [3.8, 4) is 33.8 Å². The first-order chi connectivity index (χ1) is 14.1. The summed E-state index contributed by atoms with van der Waals surface area (Å²) in [5.41, 5.74) is 7.07. The average Bonchev–Trinajstić information content (AvgIpc) is 3.22. The number of ether oxygens (including phenoxy) is 1. The Morgan fingerprint density at radius 1 is 0.897 bits per heavy atom. The second-order valence-corrected chi connectivity index (χ2v) is 9.49. The average molecular weight is 454 g/mol. The number of aromatic hydroxyl groups is 1. The Labute approximate surface area is 179 Å². The van der Waals surface area contributed by atoms with Crippen LogP contribution in [-0.4, -0.2) is 50.8 Å².